The van der Waals surface area contributed by atoms with Gasteiger partial charge in [0.25, 0.3) is 5.91 Å². The summed E-state index contributed by atoms with van der Waals surface area (Å²) in [6.07, 6.45) is 5.31. The van der Waals surface area contributed by atoms with Gasteiger partial charge in [-0.15, -0.1) is 0 Å². The first kappa shape index (κ1) is 14.0. The van der Waals surface area contributed by atoms with Crippen LogP contribution in [0.15, 0.2) is 12.1 Å². The number of amides is 1. The molecule has 114 valence electrons. The zero-order chi connectivity index (χ0) is 14.7. The molecule has 1 amide bonds. The summed E-state index contributed by atoms with van der Waals surface area (Å²) in [6.45, 7) is 1.38. The van der Waals surface area contributed by atoms with Gasteiger partial charge in [-0.2, -0.15) is 0 Å². The maximum absolute atomic E-state index is 11.3. The third-order valence-electron chi connectivity index (χ3n) is 3.86. The molecule has 6 nitrogen and oxygen atoms in total. The van der Waals surface area contributed by atoms with Crippen molar-refractivity contribution in [1.82, 2.24) is 0 Å². The van der Waals surface area contributed by atoms with Crippen LogP contribution in [-0.4, -0.2) is 31.8 Å². The predicted octanol–water partition coefficient (Wildman–Crippen LogP) is 1.97. The van der Waals surface area contributed by atoms with Crippen LogP contribution in [0.1, 0.15) is 25.7 Å². The third kappa shape index (κ3) is 3.39. The Morgan fingerprint density at radius 2 is 2.19 bits per heavy atom. The summed E-state index contributed by atoms with van der Waals surface area (Å²) < 4.78 is 11.1. The molecule has 1 saturated carbocycles. The van der Waals surface area contributed by atoms with Crippen molar-refractivity contribution in [2.24, 2.45) is 0 Å². The fourth-order valence-electron chi connectivity index (χ4n) is 2.76. The second-order valence-corrected chi connectivity index (χ2v) is 5.48. The molecule has 6 heteroatoms. The maximum atomic E-state index is 11.3. The molecule has 0 bridgehead atoms. The third-order valence-corrected chi connectivity index (χ3v) is 3.86. The lowest BCUT2D eigenvalue weighted by Gasteiger charge is -2.20. The van der Waals surface area contributed by atoms with E-state index in [1.807, 2.05) is 0 Å². The first-order valence-corrected chi connectivity index (χ1v) is 7.44. The lowest BCUT2D eigenvalue weighted by Crippen LogP contribution is -2.25. The van der Waals surface area contributed by atoms with Crippen molar-refractivity contribution in [3.05, 3.63) is 12.1 Å². The Labute approximate surface area is 124 Å². The molecular formula is C15H21N3O3. The highest BCUT2D eigenvalue weighted by atomic mass is 16.5. The van der Waals surface area contributed by atoms with Gasteiger partial charge in [-0.25, -0.2) is 0 Å². The first-order valence-electron chi connectivity index (χ1n) is 7.44. The SMILES string of the molecule is Nc1cc2c(cc1NCCOC1CCCC1)NC(=O)CO2. The second-order valence-electron chi connectivity index (χ2n) is 5.48. The average molecular weight is 291 g/mol. The molecule has 0 unspecified atom stereocenters. The van der Waals surface area contributed by atoms with Gasteiger partial charge >= 0.3 is 0 Å². The van der Waals surface area contributed by atoms with Gasteiger partial charge in [0.05, 0.1) is 29.8 Å². The van der Waals surface area contributed by atoms with Crippen LogP contribution in [0, 0.1) is 0 Å². The summed E-state index contributed by atoms with van der Waals surface area (Å²) in [5.74, 6) is 0.461. The molecule has 4 N–H and O–H groups in total. The molecule has 1 aliphatic heterocycles. The van der Waals surface area contributed by atoms with E-state index < -0.39 is 0 Å². The smallest absolute Gasteiger partial charge is 0.262 e. The molecule has 0 spiro atoms. The number of nitrogen functional groups attached to an aromatic ring is 1. The minimum absolute atomic E-state index is 0.0362. The van der Waals surface area contributed by atoms with E-state index in [4.69, 9.17) is 15.2 Å². The highest BCUT2D eigenvalue weighted by Gasteiger charge is 2.18. The molecule has 0 atom stereocenters. The van der Waals surface area contributed by atoms with Crippen LogP contribution in [0.25, 0.3) is 0 Å². The standard InChI is InChI=1S/C15H21N3O3/c16-11-7-14-13(18-15(19)9-21-14)8-12(11)17-5-6-20-10-3-1-2-4-10/h7-8,10,17H,1-6,9,16H2,(H,18,19). The van der Waals surface area contributed by atoms with Gasteiger partial charge in [0, 0.05) is 12.6 Å². The van der Waals surface area contributed by atoms with Crippen molar-refractivity contribution in [3.8, 4) is 5.75 Å². The largest absolute Gasteiger partial charge is 0.482 e. The van der Waals surface area contributed by atoms with Crippen molar-refractivity contribution < 1.29 is 14.3 Å². The zero-order valence-corrected chi connectivity index (χ0v) is 12.0. The van der Waals surface area contributed by atoms with Crippen LogP contribution in [0.5, 0.6) is 5.75 Å². The number of ether oxygens (including phenoxy) is 2. The van der Waals surface area contributed by atoms with Gasteiger partial charge in [0.2, 0.25) is 0 Å². The van der Waals surface area contributed by atoms with E-state index in [0.717, 1.165) is 5.69 Å². The molecule has 2 aliphatic rings. The molecule has 0 aromatic heterocycles. The number of carbonyl (C=O) groups is 1. The quantitative estimate of drug-likeness (QED) is 0.570. The van der Waals surface area contributed by atoms with Crippen molar-refractivity contribution in [3.63, 3.8) is 0 Å². The molecule has 0 saturated heterocycles. The number of rotatable bonds is 5. The number of carbonyl (C=O) groups excluding carboxylic acids is 1. The first-order chi connectivity index (χ1) is 10.2. The zero-order valence-electron chi connectivity index (χ0n) is 12.0. The summed E-state index contributed by atoms with van der Waals surface area (Å²) in [7, 11) is 0. The highest BCUT2D eigenvalue weighted by molar-refractivity contribution is 5.97. The van der Waals surface area contributed by atoms with Crippen LogP contribution in [-0.2, 0) is 9.53 Å². The monoisotopic (exact) mass is 291 g/mol. The highest BCUT2D eigenvalue weighted by Crippen LogP contribution is 2.35. The van der Waals surface area contributed by atoms with Gasteiger partial charge in [-0.3, -0.25) is 4.79 Å². The fraction of sp³-hybridized carbons (Fsp3) is 0.533. The van der Waals surface area contributed by atoms with Crippen LogP contribution >= 0.6 is 0 Å². The van der Waals surface area contributed by atoms with Crippen molar-refractivity contribution in [2.75, 3.05) is 36.1 Å². The van der Waals surface area contributed by atoms with E-state index in [-0.39, 0.29) is 12.5 Å². The van der Waals surface area contributed by atoms with Gasteiger partial charge in [0.1, 0.15) is 5.75 Å². The number of fused-ring (bicyclic) bond motifs is 1. The maximum Gasteiger partial charge on any atom is 0.262 e. The average Bonchev–Trinajstić information content (AvgIpc) is 2.97. The lowest BCUT2D eigenvalue weighted by atomic mass is 10.2. The number of benzene rings is 1. The number of anilines is 3. The Kier molecular flexibility index (Phi) is 4.15. The van der Waals surface area contributed by atoms with Gasteiger partial charge in [0.15, 0.2) is 6.61 Å². The van der Waals surface area contributed by atoms with E-state index in [0.29, 0.717) is 36.4 Å². The Bertz CT molecular complexity index is 527. The summed E-state index contributed by atoms with van der Waals surface area (Å²) >= 11 is 0. The minimum atomic E-state index is -0.150. The number of hydrogen-bond acceptors (Lipinski definition) is 5. The summed E-state index contributed by atoms with van der Waals surface area (Å²) in [4.78, 5) is 11.3. The second kappa shape index (κ2) is 6.22. The number of nitrogens with two attached hydrogens (primary N) is 1. The molecule has 1 aromatic carbocycles. The molecule has 21 heavy (non-hydrogen) atoms. The van der Waals surface area contributed by atoms with Crippen LogP contribution in [0.4, 0.5) is 17.1 Å². The normalized spacial score (nSPS) is 18.0. The topological polar surface area (TPSA) is 85.6 Å². The summed E-state index contributed by atoms with van der Waals surface area (Å²) in [6, 6.07) is 3.53. The minimum Gasteiger partial charge on any atom is -0.482 e. The Morgan fingerprint density at radius 3 is 3.00 bits per heavy atom. The molecular weight excluding hydrogens is 270 g/mol. The Morgan fingerprint density at radius 1 is 1.38 bits per heavy atom. The Hall–Kier alpha value is -1.95. The van der Waals surface area contributed by atoms with Crippen LogP contribution in [0.3, 0.4) is 0 Å². The van der Waals surface area contributed by atoms with E-state index in [9.17, 15) is 4.79 Å². The van der Waals surface area contributed by atoms with Crippen molar-refractivity contribution in [2.45, 2.75) is 31.8 Å². The van der Waals surface area contributed by atoms with E-state index >= 15 is 0 Å². The molecule has 3 rings (SSSR count). The lowest BCUT2D eigenvalue weighted by molar-refractivity contribution is -0.118. The number of nitrogens with one attached hydrogen (secondary N) is 2. The van der Waals surface area contributed by atoms with Crippen LogP contribution < -0.4 is 21.1 Å². The van der Waals surface area contributed by atoms with Crippen LogP contribution in [0.2, 0.25) is 0 Å². The van der Waals surface area contributed by atoms with Gasteiger partial charge in [-0.1, -0.05) is 12.8 Å². The molecule has 1 heterocycles. The molecule has 1 aromatic rings. The van der Waals surface area contributed by atoms with Crippen molar-refractivity contribution in [1.29, 1.82) is 0 Å². The number of hydrogen-bond donors (Lipinski definition) is 3. The van der Waals surface area contributed by atoms with E-state index in [1.165, 1.54) is 25.7 Å². The van der Waals surface area contributed by atoms with E-state index in [1.54, 1.807) is 12.1 Å². The fourth-order valence-corrected chi connectivity index (χ4v) is 2.76. The molecule has 1 aliphatic carbocycles. The molecule has 0 radical (unpaired) electrons. The van der Waals surface area contributed by atoms with Gasteiger partial charge < -0.3 is 25.8 Å². The Balaban J connectivity index is 1.55. The molecule has 1 fully saturated rings. The van der Waals surface area contributed by atoms with E-state index in [2.05, 4.69) is 10.6 Å². The van der Waals surface area contributed by atoms with Crippen molar-refractivity contribution >= 4 is 23.0 Å². The predicted molar refractivity (Wildman–Crippen MR) is 81.7 cm³/mol. The van der Waals surface area contributed by atoms with Gasteiger partial charge in [-0.05, 0) is 18.9 Å². The summed E-state index contributed by atoms with van der Waals surface area (Å²) in [5, 5.41) is 6.02. The summed E-state index contributed by atoms with van der Waals surface area (Å²) in [5.41, 5.74) is 8.03.